The van der Waals surface area contributed by atoms with Gasteiger partial charge >= 0.3 is 0 Å². The lowest BCUT2D eigenvalue weighted by atomic mass is 9.99. The second-order valence-corrected chi connectivity index (χ2v) is 5.77. The fourth-order valence-electron chi connectivity index (χ4n) is 2.42. The maximum absolute atomic E-state index is 12.1. The highest BCUT2D eigenvalue weighted by atomic mass is 35.5. The molecule has 4 nitrogen and oxygen atoms in total. The van der Waals surface area contributed by atoms with Crippen molar-refractivity contribution in [2.45, 2.75) is 32.3 Å². The number of ether oxygens (including phenoxy) is 1. The van der Waals surface area contributed by atoms with Crippen LogP contribution in [0.15, 0.2) is 24.3 Å². The molecule has 2 rings (SSSR count). The molecule has 0 saturated carbocycles. The summed E-state index contributed by atoms with van der Waals surface area (Å²) in [5.41, 5.74) is 0. The van der Waals surface area contributed by atoms with Gasteiger partial charge in [-0.25, -0.2) is 0 Å². The van der Waals surface area contributed by atoms with Crippen LogP contribution in [-0.2, 0) is 4.79 Å². The maximum atomic E-state index is 12.1. The molecule has 0 spiro atoms. The Morgan fingerprint density at radius 1 is 1.50 bits per heavy atom. The first-order valence-electron chi connectivity index (χ1n) is 7.60. The molecule has 0 aromatic heterocycles. The highest BCUT2D eigenvalue weighted by Crippen LogP contribution is 2.24. The second kappa shape index (κ2) is 9.93. The number of carbonyl (C=O) groups is 1. The number of benzene rings is 1. The molecular formula is C16H24Cl2N2O2. The molecule has 1 aromatic rings. The van der Waals surface area contributed by atoms with Gasteiger partial charge in [0.2, 0.25) is 5.91 Å². The highest BCUT2D eigenvalue weighted by molar-refractivity contribution is 6.32. The quantitative estimate of drug-likeness (QED) is 0.832. The SMILES string of the molecule is CCC(CNC(=O)C1CCCNC1)Oc1ccccc1Cl.Cl. The predicted molar refractivity (Wildman–Crippen MR) is 92.0 cm³/mol. The van der Waals surface area contributed by atoms with E-state index >= 15 is 0 Å². The van der Waals surface area contributed by atoms with Gasteiger partial charge in [-0.2, -0.15) is 0 Å². The molecule has 2 atom stereocenters. The fourth-order valence-corrected chi connectivity index (χ4v) is 2.60. The number of piperidine rings is 1. The molecule has 124 valence electrons. The predicted octanol–water partition coefficient (Wildman–Crippen LogP) is 3.04. The molecule has 22 heavy (non-hydrogen) atoms. The third-order valence-corrected chi connectivity index (χ3v) is 4.07. The molecule has 1 aromatic carbocycles. The van der Waals surface area contributed by atoms with Gasteiger partial charge in [-0.1, -0.05) is 30.7 Å². The summed E-state index contributed by atoms with van der Waals surface area (Å²) in [6.45, 7) is 4.33. The van der Waals surface area contributed by atoms with Crippen LogP contribution in [0.4, 0.5) is 0 Å². The number of halogens is 2. The van der Waals surface area contributed by atoms with Crippen molar-refractivity contribution in [3.63, 3.8) is 0 Å². The Morgan fingerprint density at radius 2 is 2.27 bits per heavy atom. The van der Waals surface area contributed by atoms with Crippen LogP contribution < -0.4 is 15.4 Å². The third kappa shape index (κ3) is 5.67. The van der Waals surface area contributed by atoms with E-state index in [4.69, 9.17) is 16.3 Å². The lowest BCUT2D eigenvalue weighted by molar-refractivity contribution is -0.125. The van der Waals surface area contributed by atoms with Crippen LogP contribution in [0.3, 0.4) is 0 Å². The number of carbonyl (C=O) groups excluding carboxylic acids is 1. The summed E-state index contributed by atoms with van der Waals surface area (Å²) in [5, 5.41) is 6.85. The Kier molecular flexibility index (Phi) is 8.61. The summed E-state index contributed by atoms with van der Waals surface area (Å²) >= 11 is 6.09. The summed E-state index contributed by atoms with van der Waals surface area (Å²) in [4.78, 5) is 12.1. The van der Waals surface area contributed by atoms with Crippen molar-refractivity contribution in [2.75, 3.05) is 19.6 Å². The van der Waals surface area contributed by atoms with E-state index in [0.717, 1.165) is 32.4 Å². The molecule has 1 amide bonds. The van der Waals surface area contributed by atoms with E-state index in [9.17, 15) is 4.79 Å². The minimum absolute atomic E-state index is 0. The van der Waals surface area contributed by atoms with E-state index in [-0.39, 0.29) is 30.3 Å². The minimum atomic E-state index is -0.0644. The minimum Gasteiger partial charge on any atom is -0.487 e. The standard InChI is InChI=1S/C16H23ClN2O2.ClH/c1-2-13(21-15-8-4-3-7-14(15)17)11-19-16(20)12-6-5-9-18-10-12;/h3-4,7-8,12-13,18H,2,5-6,9-11H2,1H3,(H,19,20);1H. The van der Waals surface area contributed by atoms with Gasteiger partial charge in [-0.15, -0.1) is 12.4 Å². The van der Waals surface area contributed by atoms with E-state index < -0.39 is 0 Å². The Labute approximate surface area is 143 Å². The lowest BCUT2D eigenvalue weighted by Gasteiger charge is -2.24. The van der Waals surface area contributed by atoms with Crippen LogP contribution in [0, 0.1) is 5.92 Å². The van der Waals surface area contributed by atoms with Crippen LogP contribution in [-0.4, -0.2) is 31.6 Å². The monoisotopic (exact) mass is 346 g/mol. The van der Waals surface area contributed by atoms with Gasteiger partial charge in [-0.05, 0) is 37.9 Å². The molecule has 1 aliphatic heterocycles. The number of hydrogen-bond acceptors (Lipinski definition) is 3. The molecule has 0 aliphatic carbocycles. The zero-order valence-electron chi connectivity index (χ0n) is 12.8. The summed E-state index contributed by atoms with van der Waals surface area (Å²) in [7, 11) is 0. The summed E-state index contributed by atoms with van der Waals surface area (Å²) in [6.07, 6.45) is 2.77. The van der Waals surface area contributed by atoms with Gasteiger partial charge in [0.25, 0.3) is 0 Å². The van der Waals surface area contributed by atoms with Crippen molar-refractivity contribution >= 4 is 29.9 Å². The number of rotatable bonds is 6. The molecule has 6 heteroatoms. The number of hydrogen-bond donors (Lipinski definition) is 2. The summed E-state index contributed by atoms with van der Waals surface area (Å²) in [6, 6.07) is 7.40. The second-order valence-electron chi connectivity index (χ2n) is 5.37. The van der Waals surface area contributed by atoms with Crippen LogP contribution in [0.2, 0.25) is 5.02 Å². The molecule has 2 N–H and O–H groups in total. The van der Waals surface area contributed by atoms with Crippen molar-refractivity contribution < 1.29 is 9.53 Å². The smallest absolute Gasteiger partial charge is 0.224 e. The largest absolute Gasteiger partial charge is 0.487 e. The van der Waals surface area contributed by atoms with Gasteiger partial charge in [0.15, 0.2) is 0 Å². The van der Waals surface area contributed by atoms with Gasteiger partial charge < -0.3 is 15.4 Å². The first-order chi connectivity index (χ1) is 10.2. The Morgan fingerprint density at radius 3 is 2.91 bits per heavy atom. The topological polar surface area (TPSA) is 50.4 Å². The van der Waals surface area contributed by atoms with E-state index in [2.05, 4.69) is 10.6 Å². The van der Waals surface area contributed by atoms with E-state index in [1.54, 1.807) is 6.07 Å². The molecular weight excluding hydrogens is 323 g/mol. The molecule has 1 saturated heterocycles. The zero-order valence-corrected chi connectivity index (χ0v) is 14.4. The fraction of sp³-hybridized carbons (Fsp3) is 0.562. The highest BCUT2D eigenvalue weighted by Gasteiger charge is 2.21. The molecule has 0 bridgehead atoms. The average Bonchev–Trinajstić information content (AvgIpc) is 2.53. The summed E-state index contributed by atoms with van der Waals surface area (Å²) in [5.74, 6) is 0.861. The Balaban J connectivity index is 0.00000242. The summed E-state index contributed by atoms with van der Waals surface area (Å²) < 4.78 is 5.87. The van der Waals surface area contributed by atoms with E-state index in [0.29, 0.717) is 17.3 Å². The third-order valence-electron chi connectivity index (χ3n) is 3.76. The molecule has 0 radical (unpaired) electrons. The van der Waals surface area contributed by atoms with Crippen LogP contribution in [0.25, 0.3) is 0 Å². The van der Waals surface area contributed by atoms with Gasteiger partial charge in [-0.3, -0.25) is 4.79 Å². The van der Waals surface area contributed by atoms with Crippen LogP contribution >= 0.6 is 24.0 Å². The molecule has 2 unspecified atom stereocenters. The molecule has 1 heterocycles. The zero-order chi connectivity index (χ0) is 15.1. The van der Waals surface area contributed by atoms with Crippen LogP contribution in [0.5, 0.6) is 5.75 Å². The van der Waals surface area contributed by atoms with E-state index in [1.807, 2.05) is 25.1 Å². The Bertz CT molecular complexity index is 465. The first kappa shape index (κ1) is 19.1. The number of amides is 1. The molecule has 1 aliphatic rings. The van der Waals surface area contributed by atoms with Crippen molar-refractivity contribution in [1.29, 1.82) is 0 Å². The number of nitrogens with one attached hydrogen (secondary N) is 2. The van der Waals surface area contributed by atoms with Crippen molar-refractivity contribution in [2.24, 2.45) is 5.92 Å². The average molecular weight is 347 g/mol. The van der Waals surface area contributed by atoms with Gasteiger partial charge in [0, 0.05) is 6.54 Å². The lowest BCUT2D eigenvalue weighted by Crippen LogP contribution is -2.43. The van der Waals surface area contributed by atoms with Crippen molar-refractivity contribution in [3.05, 3.63) is 29.3 Å². The van der Waals surface area contributed by atoms with Crippen LogP contribution in [0.1, 0.15) is 26.2 Å². The van der Waals surface area contributed by atoms with E-state index in [1.165, 1.54) is 0 Å². The normalized spacial score (nSPS) is 18.9. The molecule has 1 fully saturated rings. The Hall–Kier alpha value is -0.970. The van der Waals surface area contributed by atoms with Gasteiger partial charge in [0.1, 0.15) is 11.9 Å². The number of para-hydroxylation sites is 1. The van der Waals surface area contributed by atoms with Crippen molar-refractivity contribution in [1.82, 2.24) is 10.6 Å². The van der Waals surface area contributed by atoms with Crippen molar-refractivity contribution in [3.8, 4) is 5.75 Å². The van der Waals surface area contributed by atoms with Gasteiger partial charge in [0.05, 0.1) is 17.5 Å². The first-order valence-corrected chi connectivity index (χ1v) is 7.98. The maximum Gasteiger partial charge on any atom is 0.224 e.